The number of anilines is 3. The second-order valence-electron chi connectivity index (χ2n) is 11.8. The van der Waals surface area contributed by atoms with Crippen molar-refractivity contribution in [1.29, 1.82) is 0 Å². The van der Waals surface area contributed by atoms with Gasteiger partial charge in [0.2, 0.25) is 5.91 Å². The van der Waals surface area contributed by atoms with E-state index < -0.39 is 5.60 Å². The number of fused-ring (bicyclic) bond motifs is 2. The minimum atomic E-state index is -0.618. The number of aryl methyl sites for hydroxylation is 1. The summed E-state index contributed by atoms with van der Waals surface area (Å²) in [6.07, 6.45) is 5.07. The van der Waals surface area contributed by atoms with Crippen molar-refractivity contribution in [2.75, 3.05) is 42.6 Å². The Labute approximate surface area is 234 Å². The number of carbonyl (C=O) groups is 2. The third-order valence-electron chi connectivity index (χ3n) is 7.77. The van der Waals surface area contributed by atoms with Crippen LogP contribution in [0.5, 0.6) is 0 Å². The lowest BCUT2D eigenvalue weighted by Gasteiger charge is -2.38. The lowest BCUT2D eigenvalue weighted by atomic mass is 10.0. The van der Waals surface area contributed by atoms with E-state index in [0.717, 1.165) is 53.3 Å². The van der Waals surface area contributed by atoms with Gasteiger partial charge in [0, 0.05) is 69.7 Å². The minimum absolute atomic E-state index is 0.0600. The zero-order valence-electron chi connectivity index (χ0n) is 23.9. The van der Waals surface area contributed by atoms with E-state index in [1.165, 1.54) is 5.69 Å². The number of hydrogen-bond acceptors (Lipinski definition) is 7. The van der Waals surface area contributed by atoms with Crippen molar-refractivity contribution in [3.05, 3.63) is 41.9 Å². The maximum Gasteiger partial charge on any atom is 0.414 e. The fraction of sp³-hybridized carbons (Fsp3) is 0.517. The fourth-order valence-corrected chi connectivity index (χ4v) is 5.82. The normalized spacial score (nSPS) is 19.0. The van der Waals surface area contributed by atoms with Gasteiger partial charge in [-0.05, 0) is 44.9 Å². The fourth-order valence-electron chi connectivity index (χ4n) is 5.82. The molecule has 1 unspecified atom stereocenters. The molecule has 3 aromatic rings. The van der Waals surface area contributed by atoms with Crippen LogP contribution in [0.1, 0.15) is 51.4 Å². The molecule has 0 aliphatic carbocycles. The van der Waals surface area contributed by atoms with Gasteiger partial charge in [0.15, 0.2) is 5.82 Å². The highest BCUT2D eigenvalue weighted by Crippen LogP contribution is 2.43. The zero-order chi connectivity index (χ0) is 28.2. The Morgan fingerprint density at radius 1 is 1.10 bits per heavy atom. The molecule has 0 saturated carbocycles. The molecule has 1 aromatic carbocycles. The second-order valence-corrected chi connectivity index (χ2v) is 11.8. The molecule has 212 valence electrons. The summed E-state index contributed by atoms with van der Waals surface area (Å²) in [5.41, 5.74) is 5.18. The largest absolute Gasteiger partial charge is 0.443 e. The van der Waals surface area contributed by atoms with Gasteiger partial charge in [-0.2, -0.15) is 10.2 Å². The van der Waals surface area contributed by atoms with E-state index in [1.807, 2.05) is 57.2 Å². The molecule has 1 fully saturated rings. The van der Waals surface area contributed by atoms with Crippen LogP contribution >= 0.6 is 0 Å². The van der Waals surface area contributed by atoms with Crippen LogP contribution in [0.2, 0.25) is 0 Å². The standard InChI is InChI=1S/C29H37N7O4/c1-19(37)33-10-8-24-23(17-33)27(31-36(24)22-9-13-39-18-22)34-11-12-35(28(38)40-29(2,3)4)26-14-20(6-7-25(26)34)21-15-30-32(5)16-21/h6-7,14-16,22H,8-13,17-18H2,1-5H3. The lowest BCUT2D eigenvalue weighted by molar-refractivity contribution is -0.129. The predicted octanol–water partition coefficient (Wildman–Crippen LogP) is 4.04. The Kier molecular flexibility index (Phi) is 6.56. The quantitative estimate of drug-likeness (QED) is 0.488. The number of benzene rings is 1. The summed E-state index contributed by atoms with van der Waals surface area (Å²) in [6, 6.07) is 6.31. The molecular formula is C29H37N7O4. The number of aromatic nitrogens is 4. The van der Waals surface area contributed by atoms with Gasteiger partial charge in [-0.1, -0.05) is 6.07 Å². The number of ether oxygens (including phenoxy) is 2. The SMILES string of the molecule is CC(=O)N1CCc2c(c(N3CCN(C(=O)OC(C)(C)C)c4cc(-c5cnn(C)c5)ccc43)nn2C2CCOC2)C1. The van der Waals surface area contributed by atoms with Crippen molar-refractivity contribution in [1.82, 2.24) is 24.5 Å². The Morgan fingerprint density at radius 3 is 2.60 bits per heavy atom. The van der Waals surface area contributed by atoms with Crippen molar-refractivity contribution in [3.8, 4) is 11.1 Å². The Bertz CT molecular complexity index is 1450. The lowest BCUT2D eigenvalue weighted by Crippen LogP contribution is -2.45. The highest BCUT2D eigenvalue weighted by atomic mass is 16.6. The third-order valence-corrected chi connectivity index (χ3v) is 7.77. The van der Waals surface area contributed by atoms with Gasteiger partial charge in [0.05, 0.1) is 36.8 Å². The van der Waals surface area contributed by atoms with Gasteiger partial charge in [-0.15, -0.1) is 0 Å². The summed E-state index contributed by atoms with van der Waals surface area (Å²) >= 11 is 0. The first kappa shape index (κ1) is 26.4. The van der Waals surface area contributed by atoms with Crippen LogP contribution in [0.3, 0.4) is 0 Å². The molecule has 3 aliphatic heterocycles. The highest BCUT2D eigenvalue weighted by Gasteiger charge is 2.37. The number of nitrogens with zero attached hydrogens (tertiary/aromatic N) is 7. The van der Waals surface area contributed by atoms with Gasteiger partial charge >= 0.3 is 6.09 Å². The predicted molar refractivity (Wildman–Crippen MR) is 151 cm³/mol. The Balaban J connectivity index is 1.45. The zero-order valence-corrected chi connectivity index (χ0v) is 23.9. The molecule has 0 N–H and O–H groups in total. The maximum absolute atomic E-state index is 13.4. The molecule has 1 saturated heterocycles. The molecule has 0 bridgehead atoms. The van der Waals surface area contributed by atoms with E-state index >= 15 is 0 Å². The van der Waals surface area contributed by atoms with Crippen LogP contribution in [0.15, 0.2) is 30.6 Å². The van der Waals surface area contributed by atoms with E-state index in [1.54, 1.807) is 16.5 Å². The van der Waals surface area contributed by atoms with E-state index in [2.05, 4.69) is 20.7 Å². The number of amides is 2. The van der Waals surface area contributed by atoms with Gasteiger partial charge in [0.1, 0.15) is 5.60 Å². The average Bonchev–Trinajstić information content (AvgIpc) is 3.66. The van der Waals surface area contributed by atoms with Crippen LogP contribution in [-0.4, -0.2) is 74.9 Å². The Hall–Kier alpha value is -3.86. The van der Waals surface area contributed by atoms with Crippen LogP contribution in [0.25, 0.3) is 11.1 Å². The van der Waals surface area contributed by atoms with E-state index in [0.29, 0.717) is 32.8 Å². The summed E-state index contributed by atoms with van der Waals surface area (Å²) in [4.78, 5) is 31.5. The van der Waals surface area contributed by atoms with E-state index in [9.17, 15) is 9.59 Å². The summed E-state index contributed by atoms with van der Waals surface area (Å²) < 4.78 is 15.4. The van der Waals surface area contributed by atoms with Crippen LogP contribution < -0.4 is 9.80 Å². The van der Waals surface area contributed by atoms with Crippen molar-refractivity contribution in [3.63, 3.8) is 0 Å². The van der Waals surface area contributed by atoms with Crippen molar-refractivity contribution in [2.24, 2.45) is 7.05 Å². The summed E-state index contributed by atoms with van der Waals surface area (Å²) in [6.45, 7) is 10.8. The van der Waals surface area contributed by atoms with Gasteiger partial charge < -0.3 is 19.3 Å². The Morgan fingerprint density at radius 2 is 1.93 bits per heavy atom. The summed E-state index contributed by atoms with van der Waals surface area (Å²) in [7, 11) is 1.88. The number of rotatable bonds is 3. The van der Waals surface area contributed by atoms with Crippen LogP contribution in [-0.2, 0) is 34.3 Å². The molecular weight excluding hydrogens is 510 g/mol. The molecule has 2 amide bonds. The van der Waals surface area contributed by atoms with Gasteiger partial charge in [-0.25, -0.2) is 4.79 Å². The molecule has 1 atom stereocenters. The third kappa shape index (κ3) is 4.83. The molecule has 0 radical (unpaired) electrons. The van der Waals surface area contributed by atoms with Crippen LogP contribution in [0.4, 0.5) is 22.0 Å². The summed E-state index contributed by atoms with van der Waals surface area (Å²) in [5.74, 6) is 0.900. The first-order valence-electron chi connectivity index (χ1n) is 13.9. The van der Waals surface area contributed by atoms with Crippen molar-refractivity contribution in [2.45, 2.75) is 58.7 Å². The monoisotopic (exact) mass is 547 g/mol. The van der Waals surface area contributed by atoms with Crippen molar-refractivity contribution >= 4 is 29.2 Å². The van der Waals surface area contributed by atoms with Crippen LogP contribution in [0, 0.1) is 0 Å². The molecule has 2 aromatic heterocycles. The molecule has 11 heteroatoms. The van der Waals surface area contributed by atoms with E-state index in [4.69, 9.17) is 14.6 Å². The highest BCUT2D eigenvalue weighted by molar-refractivity contribution is 5.96. The average molecular weight is 548 g/mol. The van der Waals surface area contributed by atoms with E-state index in [-0.39, 0.29) is 18.0 Å². The van der Waals surface area contributed by atoms with Gasteiger partial charge in [-0.3, -0.25) is 19.1 Å². The molecule has 0 spiro atoms. The minimum Gasteiger partial charge on any atom is -0.443 e. The van der Waals surface area contributed by atoms with Crippen molar-refractivity contribution < 1.29 is 19.1 Å². The first-order chi connectivity index (χ1) is 19.1. The first-order valence-corrected chi connectivity index (χ1v) is 13.9. The molecule has 3 aliphatic rings. The number of hydrogen-bond donors (Lipinski definition) is 0. The van der Waals surface area contributed by atoms with Gasteiger partial charge in [0.25, 0.3) is 0 Å². The molecule has 11 nitrogen and oxygen atoms in total. The maximum atomic E-state index is 13.4. The molecule has 5 heterocycles. The summed E-state index contributed by atoms with van der Waals surface area (Å²) in [5, 5.41) is 9.51. The smallest absolute Gasteiger partial charge is 0.414 e. The molecule has 40 heavy (non-hydrogen) atoms. The topological polar surface area (TPSA) is 98.0 Å². The molecule has 6 rings (SSSR count). The number of carbonyl (C=O) groups excluding carboxylic acids is 2. The second kappa shape index (κ2) is 9.96.